The molecule has 3 rings (SSSR count). The predicted octanol–water partition coefficient (Wildman–Crippen LogP) is 7.00. The van der Waals surface area contributed by atoms with Gasteiger partial charge in [0.2, 0.25) is 0 Å². The van der Waals surface area contributed by atoms with Crippen molar-refractivity contribution in [3.8, 4) is 11.5 Å². The van der Waals surface area contributed by atoms with Gasteiger partial charge in [-0.25, -0.2) is 0 Å². The summed E-state index contributed by atoms with van der Waals surface area (Å²) in [5.41, 5.74) is 5.11. The number of aryl methyl sites for hydroxylation is 1. The number of nitrogens with one attached hydrogen (secondary N) is 2. The number of carboxylic acids is 1. The van der Waals surface area contributed by atoms with Crippen molar-refractivity contribution in [3.63, 3.8) is 0 Å². The van der Waals surface area contributed by atoms with Crippen LogP contribution in [0.4, 0.5) is 11.4 Å². The lowest BCUT2D eigenvalue weighted by Crippen LogP contribution is -2.08. The average molecular weight is 505 g/mol. The van der Waals surface area contributed by atoms with E-state index in [1.54, 1.807) is 0 Å². The molecule has 0 saturated carbocycles. The SMILES string of the molecule is CC(C)CNc1cccc(COc2cc(CCC(=O)O)cc(OCc3cccc(NCC(C)C)c3)c2)c1. The first-order chi connectivity index (χ1) is 17.8. The van der Waals surface area contributed by atoms with Gasteiger partial charge in [-0.15, -0.1) is 0 Å². The highest BCUT2D eigenvalue weighted by atomic mass is 16.5. The van der Waals surface area contributed by atoms with Crippen LogP contribution in [0.25, 0.3) is 0 Å². The monoisotopic (exact) mass is 504 g/mol. The van der Waals surface area contributed by atoms with Gasteiger partial charge in [0.15, 0.2) is 0 Å². The summed E-state index contributed by atoms with van der Waals surface area (Å²) in [4.78, 5) is 11.1. The van der Waals surface area contributed by atoms with Crippen molar-refractivity contribution in [2.24, 2.45) is 11.8 Å². The van der Waals surface area contributed by atoms with Crippen LogP contribution in [0, 0.1) is 11.8 Å². The van der Waals surface area contributed by atoms with Crippen molar-refractivity contribution in [2.75, 3.05) is 23.7 Å². The molecular weight excluding hydrogens is 464 g/mol. The summed E-state index contributed by atoms with van der Waals surface area (Å²) in [5.74, 6) is 1.61. The first-order valence-corrected chi connectivity index (χ1v) is 13.0. The minimum Gasteiger partial charge on any atom is -0.489 e. The van der Waals surface area contributed by atoms with Gasteiger partial charge in [0, 0.05) is 37.0 Å². The van der Waals surface area contributed by atoms with Gasteiger partial charge < -0.3 is 25.2 Å². The van der Waals surface area contributed by atoms with Gasteiger partial charge in [0.05, 0.1) is 0 Å². The van der Waals surface area contributed by atoms with Crippen molar-refractivity contribution in [3.05, 3.63) is 83.4 Å². The smallest absolute Gasteiger partial charge is 0.303 e. The van der Waals surface area contributed by atoms with E-state index < -0.39 is 5.97 Å². The molecule has 0 aromatic heterocycles. The van der Waals surface area contributed by atoms with E-state index in [0.717, 1.165) is 41.2 Å². The number of carbonyl (C=O) groups is 1. The Morgan fingerprint density at radius 2 is 1.22 bits per heavy atom. The van der Waals surface area contributed by atoms with Gasteiger partial charge in [-0.2, -0.15) is 0 Å². The van der Waals surface area contributed by atoms with Crippen molar-refractivity contribution in [1.29, 1.82) is 0 Å². The molecule has 0 spiro atoms. The molecule has 198 valence electrons. The van der Waals surface area contributed by atoms with Crippen molar-refractivity contribution >= 4 is 17.3 Å². The van der Waals surface area contributed by atoms with Crippen LogP contribution in [0.3, 0.4) is 0 Å². The Morgan fingerprint density at radius 1 is 0.730 bits per heavy atom. The second-order valence-corrected chi connectivity index (χ2v) is 10.2. The Balaban J connectivity index is 1.68. The number of carboxylic acid groups (broad SMARTS) is 1. The summed E-state index contributed by atoms with van der Waals surface area (Å²) in [6.07, 6.45) is 0.460. The normalized spacial score (nSPS) is 11.0. The second kappa shape index (κ2) is 14.2. The molecule has 3 aromatic carbocycles. The summed E-state index contributed by atoms with van der Waals surface area (Å²) in [7, 11) is 0. The molecule has 0 saturated heterocycles. The van der Waals surface area contributed by atoms with E-state index in [9.17, 15) is 4.79 Å². The molecule has 0 unspecified atom stereocenters. The minimum absolute atomic E-state index is 0.0516. The van der Waals surface area contributed by atoms with E-state index in [0.29, 0.717) is 43.0 Å². The van der Waals surface area contributed by atoms with Crippen LogP contribution in [0.15, 0.2) is 66.7 Å². The number of rotatable bonds is 15. The lowest BCUT2D eigenvalue weighted by molar-refractivity contribution is -0.136. The standard InChI is InChI=1S/C31H40N2O4/c1-22(2)18-32-27-9-5-7-25(13-27)20-36-29-15-24(11-12-31(34)35)16-30(17-29)37-21-26-8-6-10-28(14-26)33-19-23(3)4/h5-10,13-17,22-23,32-33H,11-12,18-21H2,1-4H3,(H,34,35). The molecule has 0 heterocycles. The van der Waals surface area contributed by atoms with Gasteiger partial charge >= 0.3 is 5.97 Å². The Labute approximate surface area is 221 Å². The minimum atomic E-state index is -0.829. The Hall–Kier alpha value is -3.67. The number of hydrogen-bond acceptors (Lipinski definition) is 5. The van der Waals surface area contributed by atoms with Crippen molar-refractivity contribution < 1.29 is 19.4 Å². The first kappa shape index (κ1) is 27.9. The molecular formula is C31H40N2O4. The van der Waals surface area contributed by atoms with E-state index in [1.807, 2.05) is 42.5 Å². The van der Waals surface area contributed by atoms with E-state index in [4.69, 9.17) is 14.6 Å². The average Bonchev–Trinajstić information content (AvgIpc) is 2.87. The summed E-state index contributed by atoms with van der Waals surface area (Å²) in [5, 5.41) is 16.0. The maximum absolute atomic E-state index is 11.1. The van der Waals surface area contributed by atoms with Gasteiger partial charge in [0.1, 0.15) is 24.7 Å². The third-order valence-corrected chi connectivity index (χ3v) is 5.66. The molecule has 0 fully saturated rings. The zero-order chi connectivity index (χ0) is 26.6. The summed E-state index contributed by atoms with van der Waals surface area (Å²) in [6, 6.07) is 22.1. The molecule has 0 aliphatic heterocycles. The maximum Gasteiger partial charge on any atom is 0.303 e. The molecule has 0 aliphatic rings. The van der Waals surface area contributed by atoms with Crippen LogP contribution in [-0.2, 0) is 24.4 Å². The van der Waals surface area contributed by atoms with E-state index in [-0.39, 0.29) is 6.42 Å². The highest BCUT2D eigenvalue weighted by Crippen LogP contribution is 2.26. The third kappa shape index (κ3) is 10.5. The highest BCUT2D eigenvalue weighted by molar-refractivity contribution is 5.67. The van der Waals surface area contributed by atoms with Crippen LogP contribution in [0.1, 0.15) is 50.8 Å². The molecule has 6 heteroatoms. The van der Waals surface area contributed by atoms with Crippen LogP contribution in [0.5, 0.6) is 11.5 Å². The molecule has 0 radical (unpaired) electrons. The van der Waals surface area contributed by atoms with Crippen LogP contribution < -0.4 is 20.1 Å². The van der Waals surface area contributed by atoms with Crippen molar-refractivity contribution in [2.45, 2.75) is 53.8 Å². The molecule has 37 heavy (non-hydrogen) atoms. The number of benzene rings is 3. The number of aliphatic carboxylic acids is 1. The molecule has 0 atom stereocenters. The quantitative estimate of drug-likeness (QED) is 0.207. The van der Waals surface area contributed by atoms with E-state index >= 15 is 0 Å². The lowest BCUT2D eigenvalue weighted by Gasteiger charge is -2.14. The van der Waals surface area contributed by atoms with Gasteiger partial charge in [-0.05, 0) is 71.3 Å². The molecule has 6 nitrogen and oxygen atoms in total. The zero-order valence-electron chi connectivity index (χ0n) is 22.4. The highest BCUT2D eigenvalue weighted by Gasteiger charge is 2.08. The Morgan fingerprint density at radius 3 is 1.65 bits per heavy atom. The molecule has 3 N–H and O–H groups in total. The number of anilines is 2. The number of hydrogen-bond donors (Lipinski definition) is 3. The largest absolute Gasteiger partial charge is 0.489 e. The molecule has 3 aromatic rings. The zero-order valence-corrected chi connectivity index (χ0v) is 22.4. The van der Waals surface area contributed by atoms with E-state index in [2.05, 4.69) is 62.6 Å². The Kier molecular flexibility index (Phi) is 10.7. The fraction of sp³-hybridized carbons (Fsp3) is 0.387. The summed E-state index contributed by atoms with van der Waals surface area (Å²) in [6.45, 7) is 11.3. The summed E-state index contributed by atoms with van der Waals surface area (Å²) >= 11 is 0. The molecule has 0 amide bonds. The Bertz CT molecular complexity index is 1070. The summed E-state index contributed by atoms with van der Waals surface area (Å²) < 4.78 is 12.2. The van der Waals surface area contributed by atoms with Crippen LogP contribution in [-0.4, -0.2) is 24.2 Å². The van der Waals surface area contributed by atoms with Crippen LogP contribution in [0.2, 0.25) is 0 Å². The van der Waals surface area contributed by atoms with Gasteiger partial charge in [0.25, 0.3) is 0 Å². The van der Waals surface area contributed by atoms with Gasteiger partial charge in [-0.1, -0.05) is 52.0 Å². The van der Waals surface area contributed by atoms with E-state index in [1.165, 1.54) is 0 Å². The first-order valence-electron chi connectivity index (χ1n) is 13.0. The predicted molar refractivity (Wildman–Crippen MR) is 151 cm³/mol. The maximum atomic E-state index is 11.1. The van der Waals surface area contributed by atoms with Gasteiger partial charge in [-0.3, -0.25) is 4.79 Å². The fourth-order valence-electron chi connectivity index (χ4n) is 3.71. The van der Waals surface area contributed by atoms with Crippen LogP contribution >= 0.6 is 0 Å². The second-order valence-electron chi connectivity index (χ2n) is 10.2. The topological polar surface area (TPSA) is 79.8 Å². The van der Waals surface area contributed by atoms with Crippen molar-refractivity contribution in [1.82, 2.24) is 0 Å². The lowest BCUT2D eigenvalue weighted by atomic mass is 10.1. The fourth-order valence-corrected chi connectivity index (χ4v) is 3.71. The molecule has 0 aliphatic carbocycles. The molecule has 0 bridgehead atoms. The number of ether oxygens (including phenoxy) is 2. The third-order valence-electron chi connectivity index (χ3n) is 5.66.